The largest absolute Gasteiger partial charge is 0.497 e. The minimum atomic E-state index is 0.958. The fourth-order valence-electron chi connectivity index (χ4n) is 2.63. The topological polar surface area (TPSA) is 9.23 Å². The van der Waals surface area contributed by atoms with Crippen LogP contribution in [0.4, 0.5) is 0 Å². The molecule has 0 atom stereocenters. The number of aryl methyl sites for hydroxylation is 3. The van der Waals surface area contributed by atoms with Crippen molar-refractivity contribution in [3.63, 3.8) is 0 Å². The molecule has 0 spiro atoms. The number of ether oxygens (including phenoxy) is 1. The summed E-state index contributed by atoms with van der Waals surface area (Å²) < 4.78 is 5.29. The second-order valence-electron chi connectivity index (χ2n) is 4.68. The summed E-state index contributed by atoms with van der Waals surface area (Å²) in [5.41, 5.74) is 6.98. The van der Waals surface area contributed by atoms with Crippen molar-refractivity contribution in [1.29, 1.82) is 0 Å². The van der Waals surface area contributed by atoms with Crippen LogP contribution in [-0.4, -0.2) is 7.11 Å². The highest BCUT2D eigenvalue weighted by Crippen LogP contribution is 2.35. The van der Waals surface area contributed by atoms with Gasteiger partial charge in [-0.05, 0) is 54.2 Å². The number of fused-ring (bicyclic) bond motifs is 3. The molecular formula is C16H16O. The first-order valence-corrected chi connectivity index (χ1v) is 6.05. The SMILES string of the molecule is COc1ccc2c(c1)CCc1cc(C)ccc1-2. The lowest BCUT2D eigenvalue weighted by Gasteiger charge is -2.20. The van der Waals surface area contributed by atoms with E-state index in [1.165, 1.54) is 27.8 Å². The molecule has 86 valence electrons. The van der Waals surface area contributed by atoms with Gasteiger partial charge in [0.2, 0.25) is 0 Å². The smallest absolute Gasteiger partial charge is 0.119 e. The van der Waals surface area contributed by atoms with Crippen LogP contribution in [-0.2, 0) is 12.8 Å². The quantitative estimate of drug-likeness (QED) is 0.716. The van der Waals surface area contributed by atoms with Gasteiger partial charge in [-0.3, -0.25) is 0 Å². The van der Waals surface area contributed by atoms with Crippen LogP contribution in [0.3, 0.4) is 0 Å². The van der Waals surface area contributed by atoms with Crippen LogP contribution >= 0.6 is 0 Å². The molecule has 2 aromatic rings. The van der Waals surface area contributed by atoms with E-state index in [4.69, 9.17) is 4.74 Å². The van der Waals surface area contributed by atoms with E-state index in [1.807, 2.05) is 6.07 Å². The van der Waals surface area contributed by atoms with Gasteiger partial charge in [-0.25, -0.2) is 0 Å². The summed E-state index contributed by atoms with van der Waals surface area (Å²) in [7, 11) is 1.72. The van der Waals surface area contributed by atoms with Gasteiger partial charge in [-0.15, -0.1) is 0 Å². The summed E-state index contributed by atoms with van der Waals surface area (Å²) in [5.74, 6) is 0.958. The predicted octanol–water partition coefficient (Wildman–Crippen LogP) is 3.77. The van der Waals surface area contributed by atoms with E-state index in [-0.39, 0.29) is 0 Å². The Hall–Kier alpha value is -1.76. The second kappa shape index (κ2) is 3.92. The molecule has 0 saturated heterocycles. The molecule has 0 bridgehead atoms. The standard InChI is InChI=1S/C16H16O/c1-11-3-7-15-12(9-11)4-5-13-10-14(17-2)6-8-16(13)15/h3,6-10H,4-5H2,1-2H3. The molecule has 1 heteroatoms. The lowest BCUT2D eigenvalue weighted by molar-refractivity contribution is 0.414. The van der Waals surface area contributed by atoms with Crippen molar-refractivity contribution in [1.82, 2.24) is 0 Å². The highest BCUT2D eigenvalue weighted by atomic mass is 16.5. The minimum absolute atomic E-state index is 0.958. The molecule has 1 aliphatic rings. The van der Waals surface area contributed by atoms with Crippen LogP contribution in [0.5, 0.6) is 5.75 Å². The monoisotopic (exact) mass is 224 g/mol. The zero-order valence-corrected chi connectivity index (χ0v) is 10.3. The van der Waals surface area contributed by atoms with Crippen molar-refractivity contribution >= 4 is 0 Å². The maximum Gasteiger partial charge on any atom is 0.119 e. The van der Waals surface area contributed by atoms with Crippen LogP contribution in [0.2, 0.25) is 0 Å². The van der Waals surface area contributed by atoms with Crippen molar-refractivity contribution in [2.24, 2.45) is 0 Å². The van der Waals surface area contributed by atoms with Crippen LogP contribution in [0.25, 0.3) is 11.1 Å². The van der Waals surface area contributed by atoms with Gasteiger partial charge in [-0.1, -0.05) is 29.8 Å². The zero-order chi connectivity index (χ0) is 11.8. The van der Waals surface area contributed by atoms with Crippen molar-refractivity contribution in [2.45, 2.75) is 19.8 Å². The Morgan fingerprint density at radius 1 is 0.882 bits per heavy atom. The average Bonchev–Trinajstić information content (AvgIpc) is 2.37. The van der Waals surface area contributed by atoms with E-state index in [9.17, 15) is 0 Å². The summed E-state index contributed by atoms with van der Waals surface area (Å²) in [5, 5.41) is 0. The first-order chi connectivity index (χ1) is 8.28. The maximum atomic E-state index is 5.29. The van der Waals surface area contributed by atoms with E-state index >= 15 is 0 Å². The second-order valence-corrected chi connectivity index (χ2v) is 4.68. The fourth-order valence-corrected chi connectivity index (χ4v) is 2.63. The van der Waals surface area contributed by atoms with Gasteiger partial charge in [0.05, 0.1) is 7.11 Å². The molecule has 3 rings (SSSR count). The molecule has 0 fully saturated rings. The molecular weight excluding hydrogens is 208 g/mol. The van der Waals surface area contributed by atoms with Gasteiger partial charge in [-0.2, -0.15) is 0 Å². The van der Waals surface area contributed by atoms with Gasteiger partial charge in [0.1, 0.15) is 5.75 Å². The minimum Gasteiger partial charge on any atom is -0.497 e. The fraction of sp³-hybridized carbons (Fsp3) is 0.250. The predicted molar refractivity (Wildman–Crippen MR) is 70.6 cm³/mol. The number of methoxy groups -OCH3 is 1. The Morgan fingerprint density at radius 3 is 2.24 bits per heavy atom. The summed E-state index contributed by atoms with van der Waals surface area (Å²) in [4.78, 5) is 0. The average molecular weight is 224 g/mol. The van der Waals surface area contributed by atoms with Crippen LogP contribution in [0.1, 0.15) is 16.7 Å². The zero-order valence-electron chi connectivity index (χ0n) is 10.3. The Balaban J connectivity index is 2.16. The Bertz CT molecular complexity index is 570. The molecule has 0 amide bonds. The highest BCUT2D eigenvalue weighted by molar-refractivity contribution is 5.74. The van der Waals surface area contributed by atoms with E-state index in [1.54, 1.807) is 7.11 Å². The maximum absolute atomic E-state index is 5.29. The van der Waals surface area contributed by atoms with Gasteiger partial charge in [0.25, 0.3) is 0 Å². The molecule has 0 N–H and O–H groups in total. The van der Waals surface area contributed by atoms with Crippen molar-refractivity contribution in [2.75, 3.05) is 7.11 Å². The van der Waals surface area contributed by atoms with Crippen LogP contribution in [0.15, 0.2) is 36.4 Å². The normalized spacial score (nSPS) is 12.8. The first-order valence-electron chi connectivity index (χ1n) is 6.05. The van der Waals surface area contributed by atoms with Gasteiger partial charge >= 0.3 is 0 Å². The molecule has 1 aliphatic carbocycles. The summed E-state index contributed by atoms with van der Waals surface area (Å²) in [6.07, 6.45) is 2.25. The third-order valence-corrected chi connectivity index (χ3v) is 3.53. The van der Waals surface area contributed by atoms with E-state index in [0.717, 1.165) is 18.6 Å². The Kier molecular flexibility index (Phi) is 2.40. The number of benzene rings is 2. The first kappa shape index (κ1) is 10.4. The van der Waals surface area contributed by atoms with Gasteiger partial charge in [0.15, 0.2) is 0 Å². The lowest BCUT2D eigenvalue weighted by atomic mass is 9.85. The lowest BCUT2D eigenvalue weighted by Crippen LogP contribution is -2.04. The number of hydrogen-bond acceptors (Lipinski definition) is 1. The number of rotatable bonds is 1. The molecule has 0 aliphatic heterocycles. The molecule has 0 saturated carbocycles. The Labute approximate surface area is 102 Å². The van der Waals surface area contributed by atoms with E-state index < -0.39 is 0 Å². The molecule has 0 radical (unpaired) electrons. The molecule has 2 aromatic carbocycles. The van der Waals surface area contributed by atoms with E-state index in [2.05, 4.69) is 37.3 Å². The molecule has 0 unspecified atom stereocenters. The van der Waals surface area contributed by atoms with E-state index in [0.29, 0.717) is 0 Å². The van der Waals surface area contributed by atoms with Gasteiger partial charge < -0.3 is 4.74 Å². The van der Waals surface area contributed by atoms with Gasteiger partial charge in [0, 0.05) is 0 Å². The highest BCUT2D eigenvalue weighted by Gasteiger charge is 2.16. The molecule has 0 heterocycles. The summed E-state index contributed by atoms with van der Waals surface area (Å²) in [6.45, 7) is 2.16. The summed E-state index contributed by atoms with van der Waals surface area (Å²) >= 11 is 0. The third kappa shape index (κ3) is 1.72. The third-order valence-electron chi connectivity index (χ3n) is 3.53. The van der Waals surface area contributed by atoms with Crippen molar-refractivity contribution in [3.8, 4) is 16.9 Å². The number of hydrogen-bond donors (Lipinski definition) is 0. The molecule has 1 nitrogen and oxygen atoms in total. The van der Waals surface area contributed by atoms with Crippen LogP contribution < -0.4 is 4.74 Å². The van der Waals surface area contributed by atoms with Crippen molar-refractivity contribution in [3.05, 3.63) is 53.1 Å². The van der Waals surface area contributed by atoms with Crippen molar-refractivity contribution < 1.29 is 4.74 Å². The molecule has 0 aromatic heterocycles. The van der Waals surface area contributed by atoms with Crippen LogP contribution in [0, 0.1) is 6.92 Å². The summed E-state index contributed by atoms with van der Waals surface area (Å²) in [6, 6.07) is 13.1. The Morgan fingerprint density at radius 2 is 1.53 bits per heavy atom. The molecule has 17 heavy (non-hydrogen) atoms.